The molecule has 5 nitrogen and oxygen atoms in total. The van der Waals surface area contributed by atoms with Crippen LogP contribution in [0, 0.1) is 0 Å². The maximum Gasteiger partial charge on any atom is 0.321 e. The van der Waals surface area contributed by atoms with Gasteiger partial charge in [0.15, 0.2) is 0 Å². The van der Waals surface area contributed by atoms with Crippen LogP contribution in [0.15, 0.2) is 42.7 Å². The molecule has 0 aliphatic carbocycles. The number of aromatic nitrogens is 2. The number of rotatable bonds is 7. The Kier molecular flexibility index (Phi) is 5.11. The van der Waals surface area contributed by atoms with Crippen LogP contribution in [0.4, 0.5) is 0 Å². The molecule has 1 heterocycles. The Hall–Kier alpha value is -2.14. The topological polar surface area (TPSA) is 64.5 Å². The van der Waals surface area contributed by atoms with Crippen LogP contribution in [-0.4, -0.2) is 27.3 Å². The summed E-state index contributed by atoms with van der Waals surface area (Å²) >= 11 is 0. The monoisotopic (exact) mass is 288 g/mol. The van der Waals surface area contributed by atoms with Crippen molar-refractivity contribution in [1.29, 1.82) is 0 Å². The summed E-state index contributed by atoms with van der Waals surface area (Å²) in [5, 5.41) is 10.2. The van der Waals surface area contributed by atoms with Crippen molar-refractivity contribution in [3.63, 3.8) is 0 Å². The van der Waals surface area contributed by atoms with E-state index in [0.717, 1.165) is 0 Å². The van der Waals surface area contributed by atoms with Gasteiger partial charge >= 0.3 is 6.01 Å². The molecule has 5 heteroatoms. The zero-order valence-corrected chi connectivity index (χ0v) is 12.3. The SMILES string of the molecule is CCC(O)(CC)COc1cccc(Oc2ncccn2)c1. The molecule has 0 fully saturated rings. The Morgan fingerprint density at radius 1 is 1.05 bits per heavy atom. The number of aliphatic hydroxyl groups is 1. The molecule has 0 radical (unpaired) electrons. The van der Waals surface area contributed by atoms with Crippen LogP contribution in [-0.2, 0) is 0 Å². The molecular formula is C16H20N2O3. The highest BCUT2D eigenvalue weighted by Crippen LogP contribution is 2.24. The van der Waals surface area contributed by atoms with Gasteiger partial charge in [0.25, 0.3) is 0 Å². The third-order valence-corrected chi connectivity index (χ3v) is 3.38. The molecule has 0 saturated carbocycles. The molecule has 0 atom stereocenters. The van der Waals surface area contributed by atoms with E-state index in [2.05, 4.69) is 9.97 Å². The van der Waals surface area contributed by atoms with Crippen LogP contribution >= 0.6 is 0 Å². The molecule has 0 aliphatic rings. The van der Waals surface area contributed by atoms with E-state index in [0.29, 0.717) is 24.3 Å². The molecule has 2 aromatic rings. The second kappa shape index (κ2) is 7.04. The van der Waals surface area contributed by atoms with Crippen LogP contribution in [0.5, 0.6) is 17.5 Å². The Morgan fingerprint density at radius 2 is 1.71 bits per heavy atom. The highest BCUT2D eigenvalue weighted by molar-refractivity contribution is 5.34. The van der Waals surface area contributed by atoms with Gasteiger partial charge in [-0.1, -0.05) is 19.9 Å². The number of nitrogens with zero attached hydrogens (tertiary/aromatic N) is 2. The average Bonchev–Trinajstić information content (AvgIpc) is 2.54. The predicted molar refractivity (Wildman–Crippen MR) is 79.6 cm³/mol. The predicted octanol–water partition coefficient (Wildman–Crippen LogP) is 3.20. The van der Waals surface area contributed by atoms with Crippen molar-refractivity contribution in [2.24, 2.45) is 0 Å². The Labute approximate surface area is 124 Å². The smallest absolute Gasteiger partial charge is 0.321 e. The zero-order valence-electron chi connectivity index (χ0n) is 12.3. The Balaban J connectivity index is 2.01. The summed E-state index contributed by atoms with van der Waals surface area (Å²) in [5.74, 6) is 1.24. The third kappa shape index (κ3) is 4.43. The van der Waals surface area contributed by atoms with Gasteiger partial charge in [-0.05, 0) is 31.0 Å². The lowest BCUT2D eigenvalue weighted by Crippen LogP contribution is -2.34. The van der Waals surface area contributed by atoms with Crippen LogP contribution in [0.1, 0.15) is 26.7 Å². The largest absolute Gasteiger partial charge is 0.490 e. The van der Waals surface area contributed by atoms with E-state index in [-0.39, 0.29) is 12.6 Å². The van der Waals surface area contributed by atoms with E-state index in [1.165, 1.54) is 0 Å². The molecule has 0 unspecified atom stereocenters. The lowest BCUT2D eigenvalue weighted by atomic mass is 9.99. The lowest BCUT2D eigenvalue weighted by molar-refractivity contribution is -0.0114. The molecule has 0 amide bonds. The molecule has 21 heavy (non-hydrogen) atoms. The first-order valence-corrected chi connectivity index (χ1v) is 7.05. The first-order valence-electron chi connectivity index (χ1n) is 7.05. The summed E-state index contributed by atoms with van der Waals surface area (Å²) in [6, 6.07) is 9.21. The maximum atomic E-state index is 10.2. The minimum atomic E-state index is -0.792. The highest BCUT2D eigenvalue weighted by atomic mass is 16.5. The molecule has 0 saturated heterocycles. The summed E-state index contributed by atoms with van der Waals surface area (Å²) in [5.41, 5.74) is -0.792. The molecular weight excluding hydrogens is 268 g/mol. The number of hydrogen-bond acceptors (Lipinski definition) is 5. The zero-order chi connectivity index (χ0) is 15.1. The van der Waals surface area contributed by atoms with E-state index in [1.807, 2.05) is 26.0 Å². The molecule has 1 aromatic carbocycles. The highest BCUT2D eigenvalue weighted by Gasteiger charge is 2.23. The van der Waals surface area contributed by atoms with Crippen molar-refractivity contribution >= 4 is 0 Å². The fourth-order valence-corrected chi connectivity index (χ4v) is 1.74. The van der Waals surface area contributed by atoms with E-state index in [9.17, 15) is 5.11 Å². The molecule has 0 spiro atoms. The van der Waals surface area contributed by atoms with Crippen LogP contribution in [0.3, 0.4) is 0 Å². The lowest BCUT2D eigenvalue weighted by Gasteiger charge is -2.25. The number of hydrogen-bond donors (Lipinski definition) is 1. The summed E-state index contributed by atoms with van der Waals surface area (Å²) in [7, 11) is 0. The summed E-state index contributed by atoms with van der Waals surface area (Å²) in [4.78, 5) is 8.00. The normalized spacial score (nSPS) is 11.2. The Morgan fingerprint density at radius 3 is 2.38 bits per heavy atom. The second-order valence-corrected chi connectivity index (χ2v) is 4.83. The van der Waals surface area contributed by atoms with Gasteiger partial charge < -0.3 is 14.6 Å². The van der Waals surface area contributed by atoms with Crippen LogP contribution < -0.4 is 9.47 Å². The molecule has 1 aromatic heterocycles. The first-order chi connectivity index (χ1) is 10.1. The van der Waals surface area contributed by atoms with Gasteiger partial charge in [-0.2, -0.15) is 0 Å². The van der Waals surface area contributed by atoms with E-state index in [4.69, 9.17) is 9.47 Å². The van der Waals surface area contributed by atoms with E-state index in [1.54, 1.807) is 30.6 Å². The van der Waals surface area contributed by atoms with E-state index < -0.39 is 5.60 Å². The summed E-state index contributed by atoms with van der Waals surface area (Å²) in [6.45, 7) is 4.14. The average molecular weight is 288 g/mol. The fraction of sp³-hybridized carbons (Fsp3) is 0.375. The van der Waals surface area contributed by atoms with Gasteiger partial charge in [-0.3, -0.25) is 0 Å². The quantitative estimate of drug-likeness (QED) is 0.847. The molecule has 0 aliphatic heterocycles. The molecule has 112 valence electrons. The third-order valence-electron chi connectivity index (χ3n) is 3.38. The molecule has 2 rings (SSSR count). The van der Waals surface area contributed by atoms with Crippen LogP contribution in [0.25, 0.3) is 0 Å². The summed E-state index contributed by atoms with van der Waals surface area (Å²) in [6.07, 6.45) is 4.53. The summed E-state index contributed by atoms with van der Waals surface area (Å²) < 4.78 is 11.2. The van der Waals surface area contributed by atoms with Crippen molar-refractivity contribution in [2.45, 2.75) is 32.3 Å². The van der Waals surface area contributed by atoms with Crippen molar-refractivity contribution in [3.8, 4) is 17.5 Å². The Bertz CT molecular complexity index is 556. The standard InChI is InChI=1S/C16H20N2O3/c1-3-16(19,4-2)12-20-13-7-5-8-14(11-13)21-15-17-9-6-10-18-15/h5-11,19H,3-4,12H2,1-2H3. The number of ether oxygens (including phenoxy) is 2. The minimum absolute atomic E-state index is 0.255. The van der Waals surface area contributed by atoms with Gasteiger partial charge in [0.1, 0.15) is 18.1 Å². The van der Waals surface area contributed by atoms with Crippen LogP contribution in [0.2, 0.25) is 0 Å². The van der Waals surface area contributed by atoms with Gasteiger partial charge in [-0.25, -0.2) is 9.97 Å². The van der Waals surface area contributed by atoms with Gasteiger partial charge in [-0.15, -0.1) is 0 Å². The maximum absolute atomic E-state index is 10.2. The minimum Gasteiger partial charge on any atom is -0.490 e. The number of benzene rings is 1. The van der Waals surface area contributed by atoms with Crippen molar-refractivity contribution < 1.29 is 14.6 Å². The van der Waals surface area contributed by atoms with E-state index >= 15 is 0 Å². The second-order valence-electron chi connectivity index (χ2n) is 4.83. The van der Waals surface area contributed by atoms with Crippen molar-refractivity contribution in [3.05, 3.63) is 42.7 Å². The first kappa shape index (κ1) is 15.3. The van der Waals surface area contributed by atoms with Gasteiger partial charge in [0.2, 0.25) is 0 Å². The van der Waals surface area contributed by atoms with Crippen molar-refractivity contribution in [2.75, 3.05) is 6.61 Å². The van der Waals surface area contributed by atoms with Gasteiger partial charge in [0, 0.05) is 18.5 Å². The molecule has 0 bridgehead atoms. The fourth-order valence-electron chi connectivity index (χ4n) is 1.74. The molecule has 1 N–H and O–H groups in total. The van der Waals surface area contributed by atoms with Gasteiger partial charge in [0.05, 0.1) is 5.60 Å². The van der Waals surface area contributed by atoms with Crippen molar-refractivity contribution in [1.82, 2.24) is 9.97 Å².